The van der Waals surface area contributed by atoms with Crippen LogP contribution < -0.4 is 0 Å². The number of nitrogens with zero attached hydrogens (tertiary/aromatic N) is 2. The molecule has 0 atom stereocenters. The van der Waals surface area contributed by atoms with Crippen molar-refractivity contribution >= 4 is 11.8 Å². The highest BCUT2D eigenvalue weighted by atomic mass is 16.2. The van der Waals surface area contributed by atoms with Gasteiger partial charge in [-0.25, -0.2) is 0 Å². The van der Waals surface area contributed by atoms with Gasteiger partial charge < -0.3 is 9.80 Å². The summed E-state index contributed by atoms with van der Waals surface area (Å²) in [4.78, 5) is 29.5. The van der Waals surface area contributed by atoms with Crippen molar-refractivity contribution in [2.75, 3.05) is 26.2 Å². The maximum Gasteiger partial charge on any atom is 0.238 e. The molecule has 0 aromatic carbocycles. The Morgan fingerprint density at radius 2 is 1.10 bits per heavy atom. The minimum absolute atomic E-state index is 0.123. The molecule has 2 saturated heterocycles. The number of amides is 2. The molecule has 118 valence electrons. The first-order chi connectivity index (χ1) is 10.0. The minimum atomic E-state index is -0.666. The Labute approximate surface area is 127 Å². The van der Waals surface area contributed by atoms with Crippen LogP contribution in [0.5, 0.6) is 0 Å². The van der Waals surface area contributed by atoms with Crippen LogP contribution in [0.1, 0.15) is 52.4 Å². The zero-order valence-corrected chi connectivity index (χ0v) is 13.4. The third kappa shape index (κ3) is 2.82. The van der Waals surface area contributed by atoms with Gasteiger partial charge in [0.2, 0.25) is 11.8 Å². The number of hydrogen-bond donors (Lipinski definition) is 0. The Kier molecular flexibility index (Phi) is 3.98. The van der Waals surface area contributed by atoms with Crippen molar-refractivity contribution in [3.63, 3.8) is 0 Å². The Morgan fingerprint density at radius 1 is 0.762 bits per heavy atom. The molecule has 0 bridgehead atoms. The summed E-state index contributed by atoms with van der Waals surface area (Å²) in [6.45, 7) is 7.85. The fraction of sp³-hybridized carbons (Fsp3) is 0.882. The molecule has 1 saturated carbocycles. The average Bonchev–Trinajstić information content (AvgIpc) is 3.29. The van der Waals surface area contributed by atoms with E-state index in [1.807, 2.05) is 9.80 Å². The first-order valence-electron chi connectivity index (χ1n) is 8.62. The fourth-order valence-electron chi connectivity index (χ4n) is 3.67. The summed E-state index contributed by atoms with van der Waals surface area (Å²) < 4.78 is 0. The highest BCUT2D eigenvalue weighted by Gasteiger charge is 2.59. The molecule has 3 aliphatic rings. The lowest BCUT2D eigenvalue weighted by molar-refractivity contribution is -0.151. The quantitative estimate of drug-likeness (QED) is 0.733. The lowest BCUT2D eigenvalue weighted by atomic mass is 9.94. The third-order valence-electron chi connectivity index (χ3n) is 5.71. The number of carbonyl (C=O) groups excluding carboxylic acids is 2. The summed E-state index contributed by atoms with van der Waals surface area (Å²) in [6, 6.07) is 0. The van der Waals surface area contributed by atoms with Gasteiger partial charge in [0.1, 0.15) is 5.41 Å². The zero-order valence-electron chi connectivity index (χ0n) is 13.4. The number of hydrogen-bond acceptors (Lipinski definition) is 2. The monoisotopic (exact) mass is 292 g/mol. The highest BCUT2D eigenvalue weighted by molar-refractivity contribution is 6.07. The molecule has 3 rings (SSSR count). The van der Waals surface area contributed by atoms with E-state index in [1.54, 1.807) is 0 Å². The Morgan fingerprint density at radius 3 is 1.38 bits per heavy atom. The Hall–Kier alpha value is -1.06. The average molecular weight is 292 g/mol. The maximum atomic E-state index is 12.8. The lowest BCUT2D eigenvalue weighted by Crippen LogP contribution is -2.50. The molecular weight excluding hydrogens is 264 g/mol. The molecule has 2 heterocycles. The van der Waals surface area contributed by atoms with E-state index in [-0.39, 0.29) is 11.8 Å². The molecule has 21 heavy (non-hydrogen) atoms. The van der Waals surface area contributed by atoms with Crippen molar-refractivity contribution in [3.05, 3.63) is 0 Å². The van der Waals surface area contributed by atoms with E-state index >= 15 is 0 Å². The van der Waals surface area contributed by atoms with Gasteiger partial charge in [-0.15, -0.1) is 0 Å². The smallest absolute Gasteiger partial charge is 0.238 e. The fourth-order valence-corrected chi connectivity index (χ4v) is 3.67. The molecule has 0 spiro atoms. The highest BCUT2D eigenvalue weighted by Crippen LogP contribution is 2.49. The summed E-state index contributed by atoms with van der Waals surface area (Å²) >= 11 is 0. The maximum absolute atomic E-state index is 12.8. The normalized spacial score (nSPS) is 26.8. The van der Waals surface area contributed by atoms with Gasteiger partial charge in [0.15, 0.2) is 0 Å². The van der Waals surface area contributed by atoms with E-state index in [2.05, 4.69) is 13.8 Å². The molecule has 0 aromatic rings. The van der Waals surface area contributed by atoms with Crippen LogP contribution in [0.15, 0.2) is 0 Å². The molecule has 2 amide bonds. The summed E-state index contributed by atoms with van der Waals surface area (Å²) in [6.07, 6.45) is 5.86. The summed E-state index contributed by atoms with van der Waals surface area (Å²) in [5, 5.41) is 0. The van der Waals surface area contributed by atoms with E-state index in [0.717, 1.165) is 64.7 Å². The van der Waals surface area contributed by atoms with Crippen molar-refractivity contribution in [1.29, 1.82) is 0 Å². The van der Waals surface area contributed by atoms with Crippen molar-refractivity contribution in [2.45, 2.75) is 52.4 Å². The Bertz CT molecular complexity index is 379. The molecule has 3 fully saturated rings. The van der Waals surface area contributed by atoms with Gasteiger partial charge in [-0.2, -0.15) is 0 Å². The first-order valence-corrected chi connectivity index (χ1v) is 8.62. The van der Waals surface area contributed by atoms with Crippen LogP contribution >= 0.6 is 0 Å². The molecule has 0 unspecified atom stereocenters. The van der Waals surface area contributed by atoms with Crippen LogP contribution in [0, 0.1) is 17.3 Å². The predicted octanol–water partition coefficient (Wildman–Crippen LogP) is 2.28. The number of piperidine rings is 2. The molecule has 0 N–H and O–H groups in total. The molecule has 4 nitrogen and oxygen atoms in total. The van der Waals surface area contributed by atoms with Gasteiger partial charge in [0.05, 0.1) is 0 Å². The van der Waals surface area contributed by atoms with Gasteiger partial charge in [0, 0.05) is 26.2 Å². The van der Waals surface area contributed by atoms with Gasteiger partial charge in [0.25, 0.3) is 0 Å². The molecule has 1 aliphatic carbocycles. The molecule has 0 aromatic heterocycles. The number of likely N-dealkylation sites (tertiary alicyclic amines) is 2. The lowest BCUT2D eigenvalue weighted by Gasteiger charge is -2.36. The van der Waals surface area contributed by atoms with Gasteiger partial charge in [-0.1, -0.05) is 13.8 Å². The summed E-state index contributed by atoms with van der Waals surface area (Å²) in [5.41, 5.74) is -0.666. The van der Waals surface area contributed by atoms with Crippen LogP contribution in [-0.2, 0) is 9.59 Å². The molecule has 0 radical (unpaired) electrons. The topological polar surface area (TPSA) is 40.6 Å². The van der Waals surface area contributed by atoms with Crippen molar-refractivity contribution in [2.24, 2.45) is 17.3 Å². The van der Waals surface area contributed by atoms with Gasteiger partial charge in [-0.3, -0.25) is 9.59 Å². The van der Waals surface area contributed by atoms with Crippen LogP contribution in [0.25, 0.3) is 0 Å². The Balaban J connectivity index is 1.63. The number of carbonyl (C=O) groups is 2. The van der Waals surface area contributed by atoms with Crippen molar-refractivity contribution in [3.8, 4) is 0 Å². The van der Waals surface area contributed by atoms with E-state index in [0.29, 0.717) is 11.8 Å². The second-order valence-corrected chi connectivity index (χ2v) is 7.53. The van der Waals surface area contributed by atoms with Gasteiger partial charge in [-0.05, 0) is 50.4 Å². The molecule has 4 heteroatoms. The van der Waals surface area contributed by atoms with Crippen molar-refractivity contribution in [1.82, 2.24) is 9.80 Å². The van der Waals surface area contributed by atoms with E-state index in [9.17, 15) is 9.59 Å². The predicted molar refractivity (Wildman–Crippen MR) is 81.6 cm³/mol. The van der Waals surface area contributed by atoms with E-state index in [1.165, 1.54) is 0 Å². The van der Waals surface area contributed by atoms with Crippen LogP contribution in [0.3, 0.4) is 0 Å². The summed E-state index contributed by atoms with van der Waals surface area (Å²) in [5.74, 6) is 1.67. The van der Waals surface area contributed by atoms with Crippen molar-refractivity contribution < 1.29 is 9.59 Å². The number of rotatable bonds is 2. The van der Waals surface area contributed by atoms with Crippen LogP contribution in [0.2, 0.25) is 0 Å². The third-order valence-corrected chi connectivity index (χ3v) is 5.71. The largest absolute Gasteiger partial charge is 0.342 e. The van der Waals surface area contributed by atoms with Gasteiger partial charge >= 0.3 is 0 Å². The molecular formula is C17H28N2O2. The van der Waals surface area contributed by atoms with E-state index in [4.69, 9.17) is 0 Å². The minimum Gasteiger partial charge on any atom is -0.342 e. The second kappa shape index (κ2) is 5.62. The van der Waals surface area contributed by atoms with E-state index < -0.39 is 5.41 Å². The standard InChI is InChI=1S/C17H28N2O2/c1-13-3-9-18(10-4-13)15(20)17(7-8-17)16(21)19-11-5-14(2)6-12-19/h13-14H,3-12H2,1-2H3. The molecule has 2 aliphatic heterocycles. The van der Waals surface area contributed by atoms with Crippen LogP contribution in [0.4, 0.5) is 0 Å². The second-order valence-electron chi connectivity index (χ2n) is 7.53. The zero-order chi connectivity index (χ0) is 15.0. The first kappa shape index (κ1) is 14.9. The summed E-state index contributed by atoms with van der Waals surface area (Å²) in [7, 11) is 0. The van der Waals surface area contributed by atoms with Crippen LogP contribution in [-0.4, -0.2) is 47.8 Å². The SMILES string of the molecule is CC1CCN(C(=O)C2(C(=O)N3CCC(C)CC3)CC2)CC1.